The highest BCUT2D eigenvalue weighted by Gasteiger charge is 2.36. The number of furan rings is 1. The molecule has 1 aliphatic heterocycles. The molecule has 0 spiro atoms. The largest absolute Gasteiger partial charge is 0.467 e. The van der Waals surface area contributed by atoms with Gasteiger partial charge in [0.05, 0.1) is 18.7 Å². The number of esters is 1. The number of benzene rings is 1. The second-order valence-electron chi connectivity index (χ2n) is 6.68. The van der Waals surface area contributed by atoms with Gasteiger partial charge in [-0.1, -0.05) is 17.7 Å². The molecule has 1 unspecified atom stereocenters. The van der Waals surface area contributed by atoms with Gasteiger partial charge >= 0.3 is 5.97 Å². The Morgan fingerprint density at radius 2 is 2.00 bits per heavy atom. The van der Waals surface area contributed by atoms with E-state index in [1.807, 2.05) is 31.2 Å². The molecule has 7 nitrogen and oxygen atoms in total. The second-order valence-corrected chi connectivity index (χ2v) is 6.68. The van der Waals surface area contributed by atoms with Crippen molar-refractivity contribution >= 4 is 23.5 Å². The fraction of sp³-hybridized carbons (Fsp3) is 0.350. The highest BCUT2D eigenvalue weighted by atomic mass is 16.5. The Hall–Kier alpha value is -3.09. The molecule has 7 heteroatoms. The van der Waals surface area contributed by atoms with Crippen molar-refractivity contribution in [1.29, 1.82) is 0 Å². The Balaban J connectivity index is 1.50. The highest BCUT2D eigenvalue weighted by molar-refractivity contribution is 5.99. The third kappa shape index (κ3) is 4.55. The number of rotatable bonds is 6. The van der Waals surface area contributed by atoms with E-state index in [9.17, 15) is 14.4 Å². The Bertz CT molecular complexity index is 813. The van der Waals surface area contributed by atoms with E-state index >= 15 is 0 Å². The SMILES string of the molecule is Cc1ccc(N2CC(C(=O)OCC(=O)N(C)Cc3ccco3)CC2=O)cc1. The number of ether oxygens (including phenoxy) is 1. The summed E-state index contributed by atoms with van der Waals surface area (Å²) in [4.78, 5) is 39.6. The second kappa shape index (κ2) is 8.07. The molecular formula is C20H22N2O5. The molecule has 1 atom stereocenters. The van der Waals surface area contributed by atoms with Crippen molar-refractivity contribution in [3.63, 3.8) is 0 Å². The Morgan fingerprint density at radius 1 is 1.26 bits per heavy atom. The maximum absolute atomic E-state index is 12.3. The Kier molecular flexibility index (Phi) is 5.59. The summed E-state index contributed by atoms with van der Waals surface area (Å²) in [6.07, 6.45) is 1.62. The lowest BCUT2D eigenvalue weighted by atomic mass is 10.1. The number of anilines is 1. The molecule has 3 rings (SSSR count). The molecule has 27 heavy (non-hydrogen) atoms. The minimum atomic E-state index is -0.568. The normalized spacial score (nSPS) is 16.4. The van der Waals surface area contributed by atoms with Crippen molar-refractivity contribution in [3.05, 3.63) is 54.0 Å². The van der Waals surface area contributed by atoms with Gasteiger partial charge in [0.1, 0.15) is 5.76 Å². The van der Waals surface area contributed by atoms with Crippen LogP contribution in [-0.2, 0) is 25.7 Å². The van der Waals surface area contributed by atoms with Crippen LogP contribution in [-0.4, -0.2) is 42.9 Å². The van der Waals surface area contributed by atoms with Crippen molar-refractivity contribution in [2.45, 2.75) is 19.9 Å². The topological polar surface area (TPSA) is 80.1 Å². The summed E-state index contributed by atoms with van der Waals surface area (Å²) in [5.41, 5.74) is 1.86. The number of carbonyl (C=O) groups excluding carboxylic acids is 3. The van der Waals surface area contributed by atoms with Crippen LogP contribution in [0.3, 0.4) is 0 Å². The summed E-state index contributed by atoms with van der Waals surface area (Å²) in [6, 6.07) is 11.1. The molecule has 2 aromatic rings. The summed E-state index contributed by atoms with van der Waals surface area (Å²) in [7, 11) is 1.61. The number of carbonyl (C=O) groups is 3. The van der Waals surface area contributed by atoms with E-state index in [4.69, 9.17) is 9.15 Å². The number of hydrogen-bond acceptors (Lipinski definition) is 5. The summed E-state index contributed by atoms with van der Waals surface area (Å²) in [6.45, 7) is 2.17. The maximum atomic E-state index is 12.3. The van der Waals surface area contributed by atoms with E-state index in [2.05, 4.69) is 0 Å². The number of hydrogen-bond donors (Lipinski definition) is 0. The lowest BCUT2D eigenvalue weighted by Crippen LogP contribution is -2.32. The highest BCUT2D eigenvalue weighted by Crippen LogP contribution is 2.26. The van der Waals surface area contributed by atoms with E-state index < -0.39 is 11.9 Å². The lowest BCUT2D eigenvalue weighted by molar-refractivity contribution is -0.155. The van der Waals surface area contributed by atoms with Gasteiger partial charge in [0.2, 0.25) is 5.91 Å². The third-order valence-electron chi connectivity index (χ3n) is 4.54. The number of nitrogens with zero attached hydrogens (tertiary/aromatic N) is 2. The molecule has 0 aliphatic carbocycles. The number of aryl methyl sites for hydroxylation is 1. The standard InChI is InChI=1S/C20H22N2O5/c1-14-5-7-16(8-6-14)22-11-15(10-18(22)23)20(25)27-13-19(24)21(2)12-17-4-3-9-26-17/h3-9,15H,10-13H2,1-2H3. The minimum Gasteiger partial charge on any atom is -0.467 e. The molecule has 1 aromatic heterocycles. The molecule has 1 aliphatic rings. The molecule has 0 bridgehead atoms. The van der Waals surface area contributed by atoms with Gasteiger partial charge in [-0.15, -0.1) is 0 Å². The van der Waals surface area contributed by atoms with E-state index in [0.717, 1.165) is 11.3 Å². The van der Waals surface area contributed by atoms with E-state index in [-0.39, 0.29) is 31.4 Å². The van der Waals surface area contributed by atoms with E-state index in [1.165, 1.54) is 11.2 Å². The number of likely N-dealkylation sites (N-methyl/N-ethyl adjacent to an activating group) is 1. The van der Waals surface area contributed by atoms with Crippen LogP contribution in [0.2, 0.25) is 0 Å². The zero-order chi connectivity index (χ0) is 19.4. The zero-order valence-electron chi connectivity index (χ0n) is 15.4. The van der Waals surface area contributed by atoms with Crippen LogP contribution < -0.4 is 4.90 Å². The average Bonchev–Trinajstić information content (AvgIpc) is 3.29. The van der Waals surface area contributed by atoms with Crippen LogP contribution in [0, 0.1) is 12.8 Å². The van der Waals surface area contributed by atoms with Crippen molar-refractivity contribution in [2.24, 2.45) is 5.92 Å². The van der Waals surface area contributed by atoms with Gasteiger partial charge in [0.25, 0.3) is 5.91 Å². The molecule has 0 saturated carbocycles. The van der Waals surface area contributed by atoms with Crippen LogP contribution in [0.4, 0.5) is 5.69 Å². The Labute approximate surface area is 157 Å². The first-order valence-electron chi connectivity index (χ1n) is 8.74. The first kappa shape index (κ1) is 18.7. The summed E-state index contributed by atoms with van der Waals surface area (Å²) < 4.78 is 10.3. The quantitative estimate of drug-likeness (QED) is 0.728. The molecule has 1 fully saturated rings. The van der Waals surface area contributed by atoms with Crippen molar-refractivity contribution in [1.82, 2.24) is 4.90 Å². The van der Waals surface area contributed by atoms with Crippen LogP contribution in [0.1, 0.15) is 17.7 Å². The van der Waals surface area contributed by atoms with Crippen molar-refractivity contribution in [2.75, 3.05) is 25.1 Å². The molecule has 0 N–H and O–H groups in total. The Morgan fingerprint density at radius 3 is 2.67 bits per heavy atom. The first-order valence-corrected chi connectivity index (χ1v) is 8.74. The summed E-state index contributed by atoms with van der Waals surface area (Å²) in [5, 5.41) is 0. The molecular weight excluding hydrogens is 348 g/mol. The summed E-state index contributed by atoms with van der Waals surface area (Å²) >= 11 is 0. The molecule has 1 aromatic carbocycles. The minimum absolute atomic E-state index is 0.0864. The van der Waals surface area contributed by atoms with Gasteiger partial charge in [-0.05, 0) is 31.2 Å². The molecule has 2 amide bonds. The first-order chi connectivity index (χ1) is 12.9. The smallest absolute Gasteiger partial charge is 0.311 e. The van der Waals surface area contributed by atoms with Gasteiger partial charge < -0.3 is 19.0 Å². The molecule has 0 radical (unpaired) electrons. The van der Waals surface area contributed by atoms with Crippen LogP contribution in [0.5, 0.6) is 0 Å². The van der Waals surface area contributed by atoms with Crippen LogP contribution >= 0.6 is 0 Å². The molecule has 2 heterocycles. The van der Waals surface area contributed by atoms with Gasteiger partial charge in [0.15, 0.2) is 6.61 Å². The van der Waals surface area contributed by atoms with Gasteiger partial charge in [0, 0.05) is 25.7 Å². The number of amides is 2. The van der Waals surface area contributed by atoms with Crippen molar-refractivity contribution < 1.29 is 23.5 Å². The van der Waals surface area contributed by atoms with E-state index in [0.29, 0.717) is 12.3 Å². The van der Waals surface area contributed by atoms with Crippen molar-refractivity contribution in [3.8, 4) is 0 Å². The maximum Gasteiger partial charge on any atom is 0.311 e. The summed E-state index contributed by atoms with van der Waals surface area (Å²) in [5.74, 6) is -0.909. The van der Waals surface area contributed by atoms with Crippen LogP contribution in [0.25, 0.3) is 0 Å². The predicted molar refractivity (Wildman–Crippen MR) is 97.8 cm³/mol. The van der Waals surface area contributed by atoms with Gasteiger partial charge in [-0.25, -0.2) is 0 Å². The zero-order valence-corrected chi connectivity index (χ0v) is 15.4. The fourth-order valence-electron chi connectivity index (χ4n) is 2.93. The molecule has 1 saturated heterocycles. The average molecular weight is 370 g/mol. The fourth-order valence-corrected chi connectivity index (χ4v) is 2.93. The van der Waals surface area contributed by atoms with Crippen LogP contribution in [0.15, 0.2) is 47.1 Å². The lowest BCUT2D eigenvalue weighted by Gasteiger charge is -2.18. The monoisotopic (exact) mass is 370 g/mol. The van der Waals surface area contributed by atoms with E-state index in [1.54, 1.807) is 24.1 Å². The van der Waals surface area contributed by atoms with Gasteiger partial charge in [-0.2, -0.15) is 0 Å². The van der Waals surface area contributed by atoms with Gasteiger partial charge in [-0.3, -0.25) is 14.4 Å². The molecule has 142 valence electrons. The third-order valence-corrected chi connectivity index (χ3v) is 4.54. The predicted octanol–water partition coefficient (Wildman–Crippen LogP) is 2.14.